The van der Waals surface area contributed by atoms with Gasteiger partial charge in [0.25, 0.3) is 5.56 Å². The summed E-state index contributed by atoms with van der Waals surface area (Å²) in [5.74, 6) is -0.352. The first-order chi connectivity index (χ1) is 10.2. The smallest absolute Gasteiger partial charge is 0.276 e. The molecular weight excluding hydrogens is 264 g/mol. The van der Waals surface area contributed by atoms with Crippen molar-refractivity contribution in [2.24, 2.45) is 0 Å². The molecule has 0 N–H and O–H groups in total. The quantitative estimate of drug-likeness (QED) is 0.737. The largest absolute Gasteiger partial charge is 0.310 e. The third kappa shape index (κ3) is 2.43. The molecule has 0 saturated heterocycles. The monoisotopic (exact) mass is 278 g/mol. The van der Waals surface area contributed by atoms with Gasteiger partial charge in [-0.05, 0) is 18.6 Å². The number of fused-ring (bicyclic) bond motifs is 1. The molecule has 21 heavy (non-hydrogen) atoms. The van der Waals surface area contributed by atoms with E-state index in [0.29, 0.717) is 12.1 Å². The van der Waals surface area contributed by atoms with Crippen molar-refractivity contribution in [1.82, 2.24) is 14.2 Å². The van der Waals surface area contributed by atoms with Gasteiger partial charge in [-0.25, -0.2) is 4.52 Å². The summed E-state index contributed by atoms with van der Waals surface area (Å²) >= 11 is 0. The SMILES string of the molecule is Cc1cc2c(=O)n(CC(C#N)c3ccccc3)ccn2n1. The van der Waals surface area contributed by atoms with Crippen LogP contribution in [0, 0.1) is 18.3 Å². The van der Waals surface area contributed by atoms with Gasteiger partial charge in [0.15, 0.2) is 0 Å². The predicted molar refractivity (Wildman–Crippen MR) is 79.0 cm³/mol. The number of hydrogen-bond acceptors (Lipinski definition) is 3. The van der Waals surface area contributed by atoms with Gasteiger partial charge < -0.3 is 4.57 Å². The summed E-state index contributed by atoms with van der Waals surface area (Å²) in [6.07, 6.45) is 3.41. The third-order valence-corrected chi connectivity index (χ3v) is 3.46. The number of aromatic nitrogens is 3. The number of nitrogens with zero attached hydrogens (tertiary/aromatic N) is 4. The lowest BCUT2D eigenvalue weighted by atomic mass is 10.0. The zero-order valence-electron chi connectivity index (χ0n) is 11.6. The molecule has 0 amide bonds. The molecule has 0 aliphatic heterocycles. The minimum absolute atomic E-state index is 0.130. The molecule has 0 spiro atoms. The van der Waals surface area contributed by atoms with Crippen LogP contribution in [0.2, 0.25) is 0 Å². The number of aryl methyl sites for hydroxylation is 1. The van der Waals surface area contributed by atoms with Crippen LogP contribution in [0.25, 0.3) is 5.52 Å². The van der Waals surface area contributed by atoms with Crippen molar-refractivity contribution >= 4 is 5.52 Å². The van der Waals surface area contributed by atoms with Gasteiger partial charge in [-0.15, -0.1) is 0 Å². The van der Waals surface area contributed by atoms with Crippen LogP contribution < -0.4 is 5.56 Å². The van der Waals surface area contributed by atoms with Crippen LogP contribution in [0.1, 0.15) is 17.2 Å². The van der Waals surface area contributed by atoms with E-state index in [2.05, 4.69) is 11.2 Å². The van der Waals surface area contributed by atoms with Gasteiger partial charge in [-0.1, -0.05) is 30.3 Å². The van der Waals surface area contributed by atoms with Crippen LogP contribution in [0.15, 0.2) is 53.6 Å². The summed E-state index contributed by atoms with van der Waals surface area (Å²) in [6, 6.07) is 13.5. The molecule has 0 bridgehead atoms. The molecule has 2 heterocycles. The molecular formula is C16H14N4O. The van der Waals surface area contributed by atoms with Gasteiger partial charge >= 0.3 is 0 Å². The third-order valence-electron chi connectivity index (χ3n) is 3.46. The molecule has 0 fully saturated rings. The van der Waals surface area contributed by atoms with Crippen LogP contribution in [-0.2, 0) is 6.54 Å². The summed E-state index contributed by atoms with van der Waals surface area (Å²) in [7, 11) is 0. The van der Waals surface area contributed by atoms with E-state index in [1.807, 2.05) is 37.3 Å². The van der Waals surface area contributed by atoms with Gasteiger partial charge in [0.05, 0.1) is 17.7 Å². The zero-order valence-corrected chi connectivity index (χ0v) is 11.6. The molecule has 0 aliphatic rings. The van der Waals surface area contributed by atoms with E-state index < -0.39 is 0 Å². The van der Waals surface area contributed by atoms with Crippen LogP contribution in [0.4, 0.5) is 0 Å². The molecule has 0 saturated carbocycles. The topological polar surface area (TPSA) is 63.1 Å². The second kappa shape index (κ2) is 5.25. The summed E-state index contributed by atoms with van der Waals surface area (Å²) in [5, 5.41) is 13.6. The first-order valence-electron chi connectivity index (χ1n) is 6.69. The van der Waals surface area contributed by atoms with Crippen LogP contribution in [-0.4, -0.2) is 14.2 Å². The van der Waals surface area contributed by atoms with Gasteiger partial charge in [0, 0.05) is 18.9 Å². The highest BCUT2D eigenvalue weighted by Crippen LogP contribution is 2.16. The van der Waals surface area contributed by atoms with Crippen molar-refractivity contribution in [2.45, 2.75) is 19.4 Å². The Balaban J connectivity index is 1.99. The summed E-state index contributed by atoms with van der Waals surface area (Å²) < 4.78 is 3.13. The van der Waals surface area contributed by atoms with E-state index in [4.69, 9.17) is 0 Å². The Morgan fingerprint density at radius 1 is 1.29 bits per heavy atom. The molecule has 1 aromatic carbocycles. The van der Waals surface area contributed by atoms with Crippen molar-refractivity contribution in [2.75, 3.05) is 0 Å². The lowest BCUT2D eigenvalue weighted by molar-refractivity contribution is 0.620. The first kappa shape index (κ1) is 13.1. The summed E-state index contributed by atoms with van der Waals surface area (Å²) in [6.45, 7) is 2.18. The van der Waals surface area contributed by atoms with E-state index in [1.165, 1.54) is 0 Å². The highest BCUT2D eigenvalue weighted by atomic mass is 16.1. The first-order valence-corrected chi connectivity index (χ1v) is 6.69. The molecule has 5 nitrogen and oxygen atoms in total. The van der Waals surface area contributed by atoms with Crippen LogP contribution in [0.3, 0.4) is 0 Å². The molecule has 2 aromatic heterocycles. The Morgan fingerprint density at radius 3 is 2.76 bits per heavy atom. The Hall–Kier alpha value is -2.87. The molecule has 3 aromatic rings. The normalized spacial score (nSPS) is 12.2. The molecule has 0 aliphatic carbocycles. The fourth-order valence-electron chi connectivity index (χ4n) is 2.40. The average Bonchev–Trinajstić information content (AvgIpc) is 2.89. The van der Waals surface area contributed by atoms with E-state index in [0.717, 1.165) is 11.3 Å². The minimum atomic E-state index is -0.352. The van der Waals surface area contributed by atoms with Crippen molar-refractivity contribution in [3.05, 3.63) is 70.4 Å². The Labute approximate surface area is 121 Å². The van der Waals surface area contributed by atoms with Crippen molar-refractivity contribution in [3.8, 4) is 6.07 Å². The molecule has 0 radical (unpaired) electrons. The summed E-state index contributed by atoms with van der Waals surface area (Å²) in [4.78, 5) is 12.4. The Bertz CT molecular complexity index is 871. The highest BCUT2D eigenvalue weighted by Gasteiger charge is 2.13. The van der Waals surface area contributed by atoms with E-state index in [9.17, 15) is 10.1 Å². The maximum atomic E-state index is 12.4. The standard InChI is InChI=1S/C16H14N4O/c1-12-9-15-16(21)19(7-8-20(15)18-12)11-14(10-17)13-5-3-2-4-6-13/h2-9,14H,11H2,1H3. The van der Waals surface area contributed by atoms with Crippen LogP contribution in [0.5, 0.6) is 0 Å². The number of rotatable bonds is 3. The number of benzene rings is 1. The lowest BCUT2D eigenvalue weighted by Crippen LogP contribution is -2.24. The average molecular weight is 278 g/mol. The van der Waals surface area contributed by atoms with E-state index in [-0.39, 0.29) is 11.5 Å². The second-order valence-electron chi connectivity index (χ2n) is 4.96. The second-order valence-corrected chi connectivity index (χ2v) is 4.96. The number of nitriles is 1. The Kier molecular flexibility index (Phi) is 3.28. The summed E-state index contributed by atoms with van der Waals surface area (Å²) in [5.41, 5.74) is 2.11. The lowest BCUT2D eigenvalue weighted by Gasteiger charge is -2.11. The van der Waals surface area contributed by atoms with Gasteiger partial charge in [-0.3, -0.25) is 4.79 Å². The molecule has 104 valence electrons. The number of hydrogen-bond donors (Lipinski definition) is 0. The molecule has 3 rings (SSSR count). The maximum absolute atomic E-state index is 12.4. The van der Waals surface area contributed by atoms with E-state index >= 15 is 0 Å². The Morgan fingerprint density at radius 2 is 2.05 bits per heavy atom. The predicted octanol–water partition coefficient (Wildman–Crippen LogP) is 2.11. The minimum Gasteiger partial charge on any atom is -0.310 e. The highest BCUT2D eigenvalue weighted by molar-refractivity contribution is 5.45. The molecule has 1 atom stereocenters. The van der Waals surface area contributed by atoms with Crippen LogP contribution >= 0.6 is 0 Å². The molecule has 5 heteroatoms. The van der Waals surface area contributed by atoms with Gasteiger partial charge in [-0.2, -0.15) is 10.4 Å². The van der Waals surface area contributed by atoms with Gasteiger partial charge in [0.1, 0.15) is 5.52 Å². The van der Waals surface area contributed by atoms with E-state index in [1.54, 1.807) is 27.5 Å². The maximum Gasteiger partial charge on any atom is 0.276 e. The van der Waals surface area contributed by atoms with Gasteiger partial charge in [0.2, 0.25) is 0 Å². The zero-order chi connectivity index (χ0) is 14.8. The van der Waals surface area contributed by atoms with Crippen molar-refractivity contribution < 1.29 is 0 Å². The van der Waals surface area contributed by atoms with Crippen molar-refractivity contribution in [3.63, 3.8) is 0 Å². The fourth-order valence-corrected chi connectivity index (χ4v) is 2.40. The molecule has 1 unspecified atom stereocenters. The van der Waals surface area contributed by atoms with Crippen molar-refractivity contribution in [1.29, 1.82) is 5.26 Å². The fraction of sp³-hybridized carbons (Fsp3) is 0.188.